The van der Waals surface area contributed by atoms with E-state index in [0.29, 0.717) is 28.1 Å². The maximum absolute atomic E-state index is 12.6. The Hall–Kier alpha value is -2.21. The first kappa shape index (κ1) is 20.5. The van der Waals surface area contributed by atoms with Gasteiger partial charge in [-0.2, -0.15) is 0 Å². The summed E-state index contributed by atoms with van der Waals surface area (Å²) in [7, 11) is -0.859. The summed E-state index contributed by atoms with van der Waals surface area (Å²) in [4.78, 5) is 16.6. The van der Waals surface area contributed by atoms with Crippen LogP contribution in [0.1, 0.15) is 61.9 Å². The molecule has 1 heterocycles. The third kappa shape index (κ3) is 5.89. The normalized spacial score (nSPS) is 16.0. The molecule has 1 atom stereocenters. The number of carbonyl (C=O) groups excluding carboxylic acids is 1. The molecule has 1 saturated carbocycles. The van der Waals surface area contributed by atoms with Gasteiger partial charge in [-0.15, -0.1) is 0 Å². The first-order chi connectivity index (χ1) is 13.5. The van der Waals surface area contributed by atoms with Crippen molar-refractivity contribution in [1.82, 2.24) is 4.98 Å². The molecule has 150 valence electrons. The highest BCUT2D eigenvalue weighted by Gasteiger charge is 2.20. The summed E-state index contributed by atoms with van der Waals surface area (Å²) in [6, 6.07) is 11.0. The van der Waals surface area contributed by atoms with Crippen LogP contribution in [0.4, 0.5) is 5.69 Å². The summed E-state index contributed by atoms with van der Waals surface area (Å²) in [5.74, 6) is 0.810. The number of hydrogen-bond acceptors (Lipinski definition) is 4. The Labute approximate surface area is 169 Å². The fourth-order valence-corrected chi connectivity index (χ4v) is 4.98. The maximum atomic E-state index is 12.6. The van der Waals surface area contributed by atoms with Crippen LogP contribution in [0.5, 0.6) is 5.88 Å². The molecule has 0 saturated heterocycles. The Morgan fingerprint density at radius 3 is 2.68 bits per heavy atom. The van der Waals surface area contributed by atoms with Crippen molar-refractivity contribution in [2.24, 2.45) is 0 Å². The van der Waals surface area contributed by atoms with Crippen LogP contribution < -0.4 is 10.1 Å². The highest BCUT2D eigenvalue weighted by molar-refractivity contribution is 7.84. The van der Waals surface area contributed by atoms with E-state index in [0.717, 1.165) is 18.4 Å². The van der Waals surface area contributed by atoms with Crippen molar-refractivity contribution in [2.45, 2.75) is 63.1 Å². The zero-order valence-electron chi connectivity index (χ0n) is 16.5. The minimum Gasteiger partial charge on any atom is -0.475 e. The van der Waals surface area contributed by atoms with Gasteiger partial charge >= 0.3 is 0 Å². The molecule has 1 aromatic carbocycles. The molecular formula is C22H28N2O3S. The molecule has 2 aromatic rings. The van der Waals surface area contributed by atoms with Gasteiger partial charge in [-0.3, -0.25) is 9.00 Å². The van der Waals surface area contributed by atoms with Gasteiger partial charge < -0.3 is 10.1 Å². The standard InChI is InChI=1S/C22H28N2O3S/c1-16(2)27-21-12-11-18(14-23-21)22(25)24-19-8-6-7-17(13-19)15-28(26)20-9-4-3-5-10-20/h6-8,11-14,16,20H,3-5,9-10,15H2,1-2H3,(H,24,25). The molecule has 6 heteroatoms. The van der Waals surface area contributed by atoms with Crippen molar-refractivity contribution < 1.29 is 13.7 Å². The minimum absolute atomic E-state index is 0.0362. The van der Waals surface area contributed by atoms with E-state index >= 15 is 0 Å². The van der Waals surface area contributed by atoms with Gasteiger partial charge in [0.05, 0.1) is 11.7 Å². The smallest absolute Gasteiger partial charge is 0.257 e. The number of carbonyl (C=O) groups is 1. The molecule has 3 rings (SSSR count). The average molecular weight is 401 g/mol. The van der Waals surface area contributed by atoms with Crippen LogP contribution in [0.15, 0.2) is 42.6 Å². The minimum atomic E-state index is -0.859. The van der Waals surface area contributed by atoms with E-state index in [-0.39, 0.29) is 12.0 Å². The molecule has 0 bridgehead atoms. The summed E-state index contributed by atoms with van der Waals surface area (Å²) in [6.45, 7) is 3.85. The third-order valence-electron chi connectivity index (χ3n) is 4.77. The van der Waals surface area contributed by atoms with Crippen molar-refractivity contribution >= 4 is 22.4 Å². The topological polar surface area (TPSA) is 68.3 Å². The van der Waals surface area contributed by atoms with Gasteiger partial charge in [0.2, 0.25) is 5.88 Å². The van der Waals surface area contributed by atoms with Crippen LogP contribution in [-0.4, -0.2) is 26.5 Å². The lowest BCUT2D eigenvalue weighted by Crippen LogP contribution is -2.20. The van der Waals surface area contributed by atoms with E-state index in [2.05, 4.69) is 10.3 Å². The molecule has 0 aliphatic heterocycles. The van der Waals surface area contributed by atoms with Crippen LogP contribution in [-0.2, 0) is 16.6 Å². The molecule has 0 spiro atoms. The Morgan fingerprint density at radius 2 is 2.00 bits per heavy atom. The molecule has 1 aromatic heterocycles. The summed E-state index contributed by atoms with van der Waals surface area (Å²) < 4.78 is 18.1. The van der Waals surface area contributed by atoms with E-state index < -0.39 is 10.8 Å². The molecule has 5 nitrogen and oxygen atoms in total. The van der Waals surface area contributed by atoms with Crippen molar-refractivity contribution in [3.63, 3.8) is 0 Å². The van der Waals surface area contributed by atoms with Crippen molar-refractivity contribution in [1.29, 1.82) is 0 Å². The summed E-state index contributed by atoms with van der Waals surface area (Å²) in [5, 5.41) is 3.20. The van der Waals surface area contributed by atoms with E-state index in [9.17, 15) is 9.00 Å². The lowest BCUT2D eigenvalue weighted by atomic mass is 10.0. The van der Waals surface area contributed by atoms with Crippen LogP contribution in [0.3, 0.4) is 0 Å². The van der Waals surface area contributed by atoms with Gasteiger partial charge in [0.1, 0.15) is 0 Å². The number of ether oxygens (including phenoxy) is 1. The first-order valence-electron chi connectivity index (χ1n) is 9.91. The quantitative estimate of drug-likeness (QED) is 0.731. The van der Waals surface area contributed by atoms with Gasteiger partial charge in [-0.25, -0.2) is 4.98 Å². The second-order valence-corrected chi connectivity index (χ2v) is 9.21. The zero-order chi connectivity index (χ0) is 19.9. The molecule has 1 fully saturated rings. The van der Waals surface area contributed by atoms with Crippen LogP contribution in [0, 0.1) is 0 Å². The molecule has 1 unspecified atom stereocenters. The maximum Gasteiger partial charge on any atom is 0.257 e. The number of pyridine rings is 1. The Bertz CT molecular complexity index is 815. The van der Waals surface area contributed by atoms with Gasteiger partial charge in [0.25, 0.3) is 5.91 Å². The molecule has 28 heavy (non-hydrogen) atoms. The molecule has 1 aliphatic rings. The number of nitrogens with one attached hydrogen (secondary N) is 1. The Balaban J connectivity index is 1.60. The number of hydrogen-bond donors (Lipinski definition) is 1. The third-order valence-corrected chi connectivity index (χ3v) is 6.61. The van der Waals surface area contributed by atoms with Gasteiger partial charge in [-0.05, 0) is 50.5 Å². The SMILES string of the molecule is CC(C)Oc1ccc(C(=O)Nc2cccc(CS(=O)C3CCCCC3)c2)cn1. The molecule has 1 N–H and O–H groups in total. The summed E-state index contributed by atoms with van der Waals surface area (Å²) in [6.07, 6.45) is 7.29. The highest BCUT2D eigenvalue weighted by Crippen LogP contribution is 2.24. The molecular weight excluding hydrogens is 372 g/mol. The zero-order valence-corrected chi connectivity index (χ0v) is 17.3. The predicted octanol–water partition coefficient (Wildman–Crippen LogP) is 4.70. The van der Waals surface area contributed by atoms with E-state index in [4.69, 9.17) is 4.74 Å². The average Bonchev–Trinajstić information content (AvgIpc) is 2.69. The lowest BCUT2D eigenvalue weighted by molar-refractivity contribution is 0.102. The van der Waals surface area contributed by atoms with Gasteiger partial charge in [0.15, 0.2) is 0 Å². The van der Waals surface area contributed by atoms with Gasteiger partial charge in [-0.1, -0.05) is 31.4 Å². The van der Waals surface area contributed by atoms with E-state index in [1.165, 1.54) is 25.5 Å². The number of aromatic nitrogens is 1. The molecule has 0 radical (unpaired) electrons. The van der Waals surface area contributed by atoms with Crippen LogP contribution >= 0.6 is 0 Å². The number of amides is 1. The second-order valence-electron chi connectivity index (χ2n) is 7.49. The summed E-state index contributed by atoms with van der Waals surface area (Å²) in [5.41, 5.74) is 2.15. The van der Waals surface area contributed by atoms with Crippen molar-refractivity contribution in [3.05, 3.63) is 53.7 Å². The molecule has 1 amide bonds. The highest BCUT2D eigenvalue weighted by atomic mass is 32.2. The van der Waals surface area contributed by atoms with Crippen LogP contribution in [0.25, 0.3) is 0 Å². The summed E-state index contributed by atoms with van der Waals surface area (Å²) >= 11 is 0. The molecule has 1 aliphatic carbocycles. The predicted molar refractivity (Wildman–Crippen MR) is 113 cm³/mol. The number of anilines is 1. The van der Waals surface area contributed by atoms with Crippen molar-refractivity contribution in [2.75, 3.05) is 5.32 Å². The van der Waals surface area contributed by atoms with Crippen molar-refractivity contribution in [3.8, 4) is 5.88 Å². The number of rotatable bonds is 7. The fourth-order valence-electron chi connectivity index (χ4n) is 3.38. The second kappa shape index (κ2) is 9.82. The van der Waals surface area contributed by atoms with E-state index in [1.807, 2.05) is 38.1 Å². The van der Waals surface area contributed by atoms with Crippen LogP contribution in [0.2, 0.25) is 0 Å². The fraction of sp³-hybridized carbons (Fsp3) is 0.455. The van der Waals surface area contributed by atoms with E-state index in [1.54, 1.807) is 12.1 Å². The number of nitrogens with zero attached hydrogens (tertiary/aromatic N) is 1. The number of benzene rings is 1. The first-order valence-corrected chi connectivity index (χ1v) is 11.3. The largest absolute Gasteiger partial charge is 0.475 e. The Morgan fingerprint density at radius 1 is 1.21 bits per heavy atom. The van der Waals surface area contributed by atoms with Gasteiger partial charge in [0, 0.05) is 39.8 Å². The monoisotopic (exact) mass is 400 g/mol. The Kier molecular flexibility index (Phi) is 7.20. The lowest BCUT2D eigenvalue weighted by Gasteiger charge is -2.21.